The Hall–Kier alpha value is -1.70. The van der Waals surface area contributed by atoms with Crippen LogP contribution in [0, 0.1) is 11.3 Å². The minimum absolute atomic E-state index is 0.314. The minimum Gasteiger partial charge on any atom is -0.372 e. The predicted molar refractivity (Wildman–Crippen MR) is 62.2 cm³/mol. The van der Waals surface area contributed by atoms with Crippen LogP contribution in [0.5, 0.6) is 0 Å². The number of benzene rings is 1. The Morgan fingerprint density at radius 3 is 2.44 bits per heavy atom. The van der Waals surface area contributed by atoms with Gasteiger partial charge in [0, 0.05) is 18.8 Å². The zero-order valence-electron chi connectivity index (χ0n) is 9.96. The molecule has 0 radical (unpaired) electrons. The first-order valence-electron chi connectivity index (χ1n) is 5.77. The van der Waals surface area contributed by atoms with Gasteiger partial charge in [-0.15, -0.1) is 0 Å². The van der Waals surface area contributed by atoms with Crippen molar-refractivity contribution in [2.24, 2.45) is 0 Å². The predicted octanol–water partition coefficient (Wildman–Crippen LogP) is 3.57. The summed E-state index contributed by atoms with van der Waals surface area (Å²) in [6.07, 6.45) is -1.21. The van der Waals surface area contributed by atoms with Gasteiger partial charge in [-0.25, -0.2) is 0 Å². The number of hydrogen-bond acceptors (Lipinski definition) is 2. The summed E-state index contributed by atoms with van der Waals surface area (Å²) in [5.74, 6) is 0. The molecule has 0 aliphatic heterocycles. The standard InChI is InChI=1S/C13H13F3N2/c1-18(10-3-2-4-10)11-5-6-12(13(14,15)16)9(7-11)8-17/h5-7,10H,2-4H2,1H3. The van der Waals surface area contributed by atoms with E-state index in [0.29, 0.717) is 11.7 Å². The highest BCUT2D eigenvalue weighted by atomic mass is 19.4. The van der Waals surface area contributed by atoms with Crippen LogP contribution in [0.25, 0.3) is 0 Å². The largest absolute Gasteiger partial charge is 0.417 e. The molecule has 1 aliphatic rings. The number of alkyl halides is 3. The summed E-state index contributed by atoms with van der Waals surface area (Å²) < 4.78 is 37.9. The molecule has 2 rings (SSSR count). The van der Waals surface area contributed by atoms with Gasteiger partial charge in [0.15, 0.2) is 0 Å². The van der Waals surface area contributed by atoms with Gasteiger partial charge in [-0.1, -0.05) is 0 Å². The molecule has 0 unspecified atom stereocenters. The van der Waals surface area contributed by atoms with Crippen molar-refractivity contribution in [2.45, 2.75) is 31.5 Å². The van der Waals surface area contributed by atoms with Crippen LogP contribution in [0.3, 0.4) is 0 Å². The van der Waals surface area contributed by atoms with Gasteiger partial charge >= 0.3 is 6.18 Å². The molecule has 1 aliphatic carbocycles. The van der Waals surface area contributed by atoms with Crippen molar-refractivity contribution in [3.05, 3.63) is 29.3 Å². The maximum atomic E-state index is 12.6. The third-order valence-corrected chi connectivity index (χ3v) is 3.46. The SMILES string of the molecule is CN(c1ccc(C(F)(F)F)c(C#N)c1)C1CCC1. The zero-order chi connectivity index (χ0) is 13.3. The quantitative estimate of drug-likeness (QED) is 0.806. The van der Waals surface area contributed by atoms with Gasteiger partial charge in [-0.2, -0.15) is 18.4 Å². The molecule has 0 spiro atoms. The van der Waals surface area contributed by atoms with Crippen LogP contribution in [0.15, 0.2) is 18.2 Å². The number of hydrogen-bond donors (Lipinski definition) is 0. The van der Waals surface area contributed by atoms with Crippen LogP contribution in [0.4, 0.5) is 18.9 Å². The van der Waals surface area contributed by atoms with E-state index in [9.17, 15) is 13.2 Å². The maximum absolute atomic E-state index is 12.6. The van der Waals surface area contributed by atoms with Crippen molar-refractivity contribution in [3.8, 4) is 6.07 Å². The Bertz CT molecular complexity index is 484. The lowest BCUT2D eigenvalue weighted by atomic mass is 9.91. The number of anilines is 1. The van der Waals surface area contributed by atoms with E-state index in [2.05, 4.69) is 0 Å². The molecule has 5 heteroatoms. The van der Waals surface area contributed by atoms with Gasteiger partial charge in [0.05, 0.1) is 17.2 Å². The van der Waals surface area contributed by atoms with Gasteiger partial charge in [0.2, 0.25) is 0 Å². The second-order valence-corrected chi connectivity index (χ2v) is 4.54. The molecule has 0 atom stereocenters. The van der Waals surface area contributed by atoms with Crippen LogP contribution in [-0.2, 0) is 6.18 Å². The average Bonchev–Trinajstić information content (AvgIpc) is 2.24. The van der Waals surface area contributed by atoms with Crippen LogP contribution in [-0.4, -0.2) is 13.1 Å². The van der Waals surface area contributed by atoms with Crippen LogP contribution in [0.1, 0.15) is 30.4 Å². The molecule has 2 nitrogen and oxygen atoms in total. The van der Waals surface area contributed by atoms with Crippen molar-refractivity contribution in [1.82, 2.24) is 0 Å². The third kappa shape index (κ3) is 2.28. The number of rotatable bonds is 2. The molecule has 1 aromatic carbocycles. The molecule has 18 heavy (non-hydrogen) atoms. The van der Waals surface area contributed by atoms with Crippen molar-refractivity contribution in [2.75, 3.05) is 11.9 Å². The molecule has 0 bridgehead atoms. The molecule has 1 saturated carbocycles. The van der Waals surface area contributed by atoms with Crippen LogP contribution < -0.4 is 4.90 Å². The lowest BCUT2D eigenvalue weighted by molar-refractivity contribution is -0.137. The van der Waals surface area contributed by atoms with Crippen LogP contribution >= 0.6 is 0 Å². The molecule has 1 fully saturated rings. The van der Waals surface area contributed by atoms with E-state index in [0.717, 1.165) is 25.3 Å². The highest BCUT2D eigenvalue weighted by Gasteiger charge is 2.34. The lowest BCUT2D eigenvalue weighted by Gasteiger charge is -2.36. The molecular formula is C13H13F3N2. The zero-order valence-corrected chi connectivity index (χ0v) is 9.96. The number of nitriles is 1. The van der Waals surface area contributed by atoms with Crippen LogP contribution in [0.2, 0.25) is 0 Å². The molecule has 96 valence electrons. The molecule has 0 heterocycles. The fourth-order valence-corrected chi connectivity index (χ4v) is 2.08. The van der Waals surface area contributed by atoms with E-state index in [1.165, 1.54) is 12.1 Å². The Labute approximate surface area is 104 Å². The lowest BCUT2D eigenvalue weighted by Crippen LogP contribution is -2.37. The first-order chi connectivity index (χ1) is 8.43. The Balaban J connectivity index is 2.33. The van der Waals surface area contributed by atoms with Gasteiger partial charge in [-0.3, -0.25) is 0 Å². The van der Waals surface area contributed by atoms with Gasteiger partial charge in [0.1, 0.15) is 0 Å². The molecule has 0 saturated heterocycles. The summed E-state index contributed by atoms with van der Waals surface area (Å²) in [6.45, 7) is 0. The van der Waals surface area contributed by atoms with E-state index in [-0.39, 0.29) is 5.56 Å². The van der Waals surface area contributed by atoms with Gasteiger partial charge in [-0.05, 0) is 37.5 Å². The second-order valence-electron chi connectivity index (χ2n) is 4.54. The number of halogens is 3. The summed E-state index contributed by atoms with van der Waals surface area (Å²) in [6, 6.07) is 5.75. The van der Waals surface area contributed by atoms with E-state index in [1.807, 2.05) is 11.9 Å². The summed E-state index contributed by atoms with van der Waals surface area (Å²) in [4.78, 5) is 1.95. The van der Waals surface area contributed by atoms with Crippen molar-refractivity contribution < 1.29 is 13.2 Å². The summed E-state index contributed by atoms with van der Waals surface area (Å²) in [7, 11) is 1.85. The molecule has 1 aromatic rings. The molecule has 0 N–H and O–H groups in total. The molecule has 0 amide bonds. The average molecular weight is 254 g/mol. The number of nitrogens with zero attached hydrogens (tertiary/aromatic N) is 2. The van der Waals surface area contributed by atoms with Crippen molar-refractivity contribution in [1.29, 1.82) is 5.26 Å². The van der Waals surface area contributed by atoms with Gasteiger partial charge < -0.3 is 4.90 Å². The van der Waals surface area contributed by atoms with E-state index >= 15 is 0 Å². The smallest absolute Gasteiger partial charge is 0.372 e. The normalized spacial score (nSPS) is 15.9. The fraction of sp³-hybridized carbons (Fsp3) is 0.462. The molecular weight excluding hydrogens is 241 g/mol. The first kappa shape index (κ1) is 12.7. The summed E-state index contributed by atoms with van der Waals surface area (Å²) in [5.41, 5.74) is -0.508. The third-order valence-electron chi connectivity index (χ3n) is 3.46. The minimum atomic E-state index is -4.47. The Kier molecular flexibility index (Phi) is 3.20. The maximum Gasteiger partial charge on any atom is 0.417 e. The first-order valence-corrected chi connectivity index (χ1v) is 5.77. The van der Waals surface area contributed by atoms with Crippen molar-refractivity contribution >= 4 is 5.69 Å². The summed E-state index contributed by atoms with van der Waals surface area (Å²) in [5, 5.41) is 8.83. The highest BCUT2D eigenvalue weighted by Crippen LogP contribution is 2.35. The van der Waals surface area contributed by atoms with Crippen molar-refractivity contribution in [3.63, 3.8) is 0 Å². The summed E-state index contributed by atoms with van der Waals surface area (Å²) >= 11 is 0. The Morgan fingerprint density at radius 2 is 2.00 bits per heavy atom. The van der Waals surface area contributed by atoms with E-state index in [4.69, 9.17) is 5.26 Å². The second kappa shape index (κ2) is 4.52. The van der Waals surface area contributed by atoms with Gasteiger partial charge in [0.25, 0.3) is 0 Å². The highest BCUT2D eigenvalue weighted by molar-refractivity contribution is 5.55. The fourth-order valence-electron chi connectivity index (χ4n) is 2.08. The Morgan fingerprint density at radius 1 is 1.33 bits per heavy atom. The van der Waals surface area contributed by atoms with E-state index in [1.54, 1.807) is 6.07 Å². The molecule has 0 aromatic heterocycles. The topological polar surface area (TPSA) is 27.0 Å². The van der Waals surface area contributed by atoms with E-state index < -0.39 is 11.7 Å². The monoisotopic (exact) mass is 254 g/mol.